The summed E-state index contributed by atoms with van der Waals surface area (Å²) in [6.07, 6.45) is 11.2. The van der Waals surface area contributed by atoms with Crippen molar-refractivity contribution in [1.29, 1.82) is 0 Å². The first kappa shape index (κ1) is 25.0. The van der Waals surface area contributed by atoms with E-state index in [1.54, 1.807) is 0 Å². The van der Waals surface area contributed by atoms with Crippen molar-refractivity contribution in [3.63, 3.8) is 0 Å². The van der Waals surface area contributed by atoms with Crippen LogP contribution in [0.3, 0.4) is 0 Å². The van der Waals surface area contributed by atoms with Crippen LogP contribution in [0.5, 0.6) is 0 Å². The maximum absolute atomic E-state index is 10.7. The van der Waals surface area contributed by atoms with E-state index in [4.69, 9.17) is 9.05 Å². The Bertz CT molecular complexity index is 623. The predicted molar refractivity (Wildman–Crippen MR) is 127 cm³/mol. The standard InChI is InChI=1S/C26H39O3P/c1-3-5-7-9-16-22-26(24-18-12-10-13-19-24,25-20-14-11-15-21-25)29-30(27)28-23-17-8-6-4-2/h10-15,18-21,27H,3-9,16-17,22-23H2,1-2H3. The highest BCUT2D eigenvalue weighted by atomic mass is 31.2. The van der Waals surface area contributed by atoms with Crippen molar-refractivity contribution < 1.29 is 13.9 Å². The number of rotatable bonds is 16. The molecule has 0 aliphatic rings. The summed E-state index contributed by atoms with van der Waals surface area (Å²) in [5.41, 5.74) is 1.45. The minimum atomic E-state index is -1.96. The number of unbranched alkanes of at least 4 members (excludes halogenated alkanes) is 7. The summed E-state index contributed by atoms with van der Waals surface area (Å²) in [5, 5.41) is 0. The van der Waals surface area contributed by atoms with Crippen molar-refractivity contribution in [2.75, 3.05) is 6.61 Å². The summed E-state index contributed by atoms with van der Waals surface area (Å²) >= 11 is 0. The fourth-order valence-corrected chi connectivity index (χ4v) is 4.74. The lowest BCUT2D eigenvalue weighted by Gasteiger charge is -2.36. The van der Waals surface area contributed by atoms with Crippen LogP contribution in [-0.2, 0) is 14.6 Å². The van der Waals surface area contributed by atoms with Crippen LogP contribution in [0.2, 0.25) is 0 Å². The summed E-state index contributed by atoms with van der Waals surface area (Å²) < 4.78 is 12.2. The molecule has 0 heterocycles. The molecule has 166 valence electrons. The van der Waals surface area contributed by atoms with E-state index in [0.717, 1.165) is 36.8 Å². The molecule has 0 amide bonds. The Labute approximate surface area is 184 Å². The molecule has 0 aliphatic heterocycles. The summed E-state index contributed by atoms with van der Waals surface area (Å²) in [4.78, 5) is 10.7. The minimum absolute atomic E-state index is 0.540. The lowest BCUT2D eigenvalue weighted by Crippen LogP contribution is -2.30. The van der Waals surface area contributed by atoms with Gasteiger partial charge in [0.2, 0.25) is 0 Å². The van der Waals surface area contributed by atoms with Crippen LogP contribution >= 0.6 is 8.60 Å². The zero-order chi connectivity index (χ0) is 21.5. The minimum Gasteiger partial charge on any atom is -0.328 e. The molecular weight excluding hydrogens is 391 g/mol. The first-order valence-corrected chi connectivity index (χ1v) is 12.8. The first-order valence-electron chi connectivity index (χ1n) is 11.6. The molecular formula is C26H39O3P. The smallest absolute Gasteiger partial charge is 0.328 e. The van der Waals surface area contributed by atoms with E-state index in [1.165, 1.54) is 38.5 Å². The van der Waals surface area contributed by atoms with E-state index in [0.29, 0.717) is 6.61 Å². The van der Waals surface area contributed by atoms with Gasteiger partial charge in [0.05, 0.1) is 6.61 Å². The first-order chi connectivity index (χ1) is 14.7. The quantitative estimate of drug-likeness (QED) is 0.216. The van der Waals surface area contributed by atoms with Gasteiger partial charge in [-0.25, -0.2) is 0 Å². The van der Waals surface area contributed by atoms with Gasteiger partial charge in [-0.05, 0) is 30.4 Å². The number of hydrogen-bond acceptors (Lipinski definition) is 3. The van der Waals surface area contributed by atoms with Gasteiger partial charge in [-0.15, -0.1) is 0 Å². The van der Waals surface area contributed by atoms with Gasteiger partial charge >= 0.3 is 8.60 Å². The van der Waals surface area contributed by atoms with Crippen LogP contribution in [0.4, 0.5) is 0 Å². The Balaban J connectivity index is 2.20. The average molecular weight is 431 g/mol. The van der Waals surface area contributed by atoms with E-state index in [1.807, 2.05) is 36.4 Å². The zero-order valence-electron chi connectivity index (χ0n) is 18.8. The van der Waals surface area contributed by atoms with Crippen molar-refractivity contribution in [1.82, 2.24) is 0 Å². The predicted octanol–water partition coefficient (Wildman–Crippen LogP) is 8.12. The average Bonchev–Trinajstić information content (AvgIpc) is 2.79. The van der Waals surface area contributed by atoms with E-state index < -0.39 is 14.2 Å². The largest absolute Gasteiger partial charge is 0.331 e. The summed E-state index contributed by atoms with van der Waals surface area (Å²) in [7, 11) is -1.96. The van der Waals surface area contributed by atoms with Gasteiger partial charge in [0.1, 0.15) is 5.60 Å². The molecule has 2 rings (SSSR count). The van der Waals surface area contributed by atoms with Crippen LogP contribution in [0.25, 0.3) is 0 Å². The molecule has 0 radical (unpaired) electrons. The fourth-order valence-electron chi connectivity index (χ4n) is 3.83. The molecule has 0 bridgehead atoms. The highest BCUT2D eigenvalue weighted by Gasteiger charge is 2.38. The maximum Gasteiger partial charge on any atom is 0.331 e. The van der Waals surface area contributed by atoms with E-state index in [9.17, 15) is 4.89 Å². The van der Waals surface area contributed by atoms with Gasteiger partial charge in [-0.2, -0.15) is 0 Å². The Morgan fingerprint density at radius 2 is 1.20 bits per heavy atom. The Morgan fingerprint density at radius 3 is 1.73 bits per heavy atom. The molecule has 0 saturated carbocycles. The van der Waals surface area contributed by atoms with Crippen molar-refractivity contribution in [3.05, 3.63) is 71.8 Å². The van der Waals surface area contributed by atoms with E-state index in [-0.39, 0.29) is 0 Å². The Kier molecular flexibility index (Phi) is 12.3. The molecule has 30 heavy (non-hydrogen) atoms. The monoisotopic (exact) mass is 430 g/mol. The van der Waals surface area contributed by atoms with E-state index in [2.05, 4.69) is 38.1 Å². The van der Waals surface area contributed by atoms with Gasteiger partial charge in [-0.1, -0.05) is 119 Å². The molecule has 1 unspecified atom stereocenters. The molecule has 0 saturated heterocycles. The van der Waals surface area contributed by atoms with Crippen LogP contribution in [-0.4, -0.2) is 11.5 Å². The SMILES string of the molecule is CCCCCCCC(OP(O)OCCCCCC)(c1ccccc1)c1ccccc1. The molecule has 1 N–H and O–H groups in total. The van der Waals surface area contributed by atoms with Gasteiger partial charge < -0.3 is 9.42 Å². The summed E-state index contributed by atoms with van der Waals surface area (Å²) in [6, 6.07) is 20.6. The molecule has 3 nitrogen and oxygen atoms in total. The normalized spacial score (nSPS) is 12.8. The molecule has 0 aromatic heterocycles. The summed E-state index contributed by atoms with van der Waals surface area (Å²) in [5.74, 6) is 0. The second-order valence-electron chi connectivity index (χ2n) is 7.95. The third-order valence-corrected chi connectivity index (χ3v) is 6.42. The zero-order valence-corrected chi connectivity index (χ0v) is 19.7. The molecule has 4 heteroatoms. The molecule has 1 atom stereocenters. The van der Waals surface area contributed by atoms with Crippen molar-refractivity contribution in [3.8, 4) is 0 Å². The van der Waals surface area contributed by atoms with Gasteiger partial charge in [0.15, 0.2) is 0 Å². The Morgan fingerprint density at radius 1 is 0.700 bits per heavy atom. The van der Waals surface area contributed by atoms with Gasteiger partial charge in [-0.3, -0.25) is 4.52 Å². The lowest BCUT2D eigenvalue weighted by molar-refractivity contribution is 0.0656. The molecule has 0 spiro atoms. The second-order valence-corrected chi connectivity index (χ2v) is 8.86. The van der Waals surface area contributed by atoms with Gasteiger partial charge in [0.25, 0.3) is 0 Å². The van der Waals surface area contributed by atoms with Crippen LogP contribution in [0, 0.1) is 0 Å². The van der Waals surface area contributed by atoms with Crippen molar-refractivity contribution in [2.24, 2.45) is 0 Å². The molecule has 2 aromatic carbocycles. The molecule has 2 aromatic rings. The van der Waals surface area contributed by atoms with Crippen LogP contribution in [0.1, 0.15) is 89.2 Å². The topological polar surface area (TPSA) is 38.7 Å². The van der Waals surface area contributed by atoms with E-state index >= 15 is 0 Å². The lowest BCUT2D eigenvalue weighted by atomic mass is 9.82. The highest BCUT2D eigenvalue weighted by molar-refractivity contribution is 7.40. The second kappa shape index (κ2) is 14.7. The van der Waals surface area contributed by atoms with Crippen LogP contribution < -0.4 is 0 Å². The molecule has 0 fully saturated rings. The van der Waals surface area contributed by atoms with Crippen molar-refractivity contribution >= 4 is 8.60 Å². The number of hydrogen-bond donors (Lipinski definition) is 1. The number of benzene rings is 2. The maximum atomic E-state index is 10.7. The third kappa shape index (κ3) is 8.12. The van der Waals surface area contributed by atoms with Crippen molar-refractivity contribution in [2.45, 2.75) is 83.7 Å². The fraction of sp³-hybridized carbons (Fsp3) is 0.538. The Hall–Kier alpha value is -1.25. The third-order valence-electron chi connectivity index (χ3n) is 5.55. The summed E-state index contributed by atoms with van der Waals surface area (Å²) in [6.45, 7) is 4.97. The molecule has 0 aliphatic carbocycles. The van der Waals surface area contributed by atoms with Gasteiger partial charge in [0, 0.05) is 0 Å². The van der Waals surface area contributed by atoms with Crippen LogP contribution in [0.15, 0.2) is 60.7 Å². The highest BCUT2D eigenvalue weighted by Crippen LogP contribution is 2.49.